The molecular formula is C51H65N5O2. The van der Waals surface area contributed by atoms with Crippen molar-refractivity contribution in [2.24, 2.45) is 10.8 Å². The zero-order chi connectivity index (χ0) is 39.4. The lowest BCUT2D eigenvalue weighted by Crippen LogP contribution is -2.50. The standard InChI is InChI=1S/C28H35NO.C23H30N4O/c30-21-14-22-4-6-23(7-5-22)24-8-10-25(11-9-24)26-12-15-28(16-13-26)17-19-29(20-18-28)27-2-1-3-27;28-22-5-2-14-24-27(22)21-8-6-20(7-9-21)26-17-12-23(13-18-26)10-15-25(16-11-23)19-3-1-4-19/h4-11,21,26-27H,1-3,12-20H2;2,5-9,14,19H,1,3-4,10-13,15-18H2. The highest BCUT2D eigenvalue weighted by Crippen LogP contribution is 2.50. The van der Waals surface area contributed by atoms with Crippen molar-refractivity contribution in [3.8, 4) is 16.8 Å². The van der Waals surface area contributed by atoms with Crippen molar-refractivity contribution in [1.29, 1.82) is 0 Å². The third-order valence-corrected chi connectivity index (χ3v) is 15.9. The normalized spacial score (nSPS) is 22.8. The van der Waals surface area contributed by atoms with Crippen LogP contribution in [0.5, 0.6) is 0 Å². The molecule has 1 aromatic heterocycles. The average Bonchev–Trinajstić information content (AvgIpc) is 3.23. The summed E-state index contributed by atoms with van der Waals surface area (Å²) in [6.07, 6.45) is 25.6. The average molecular weight is 780 g/mol. The Morgan fingerprint density at radius 1 is 0.569 bits per heavy atom. The highest BCUT2D eigenvalue weighted by atomic mass is 16.1. The van der Waals surface area contributed by atoms with Crippen LogP contribution in [0.3, 0.4) is 0 Å². The molecule has 0 radical (unpaired) electrons. The van der Waals surface area contributed by atoms with Crippen molar-refractivity contribution in [2.45, 2.75) is 127 Å². The Labute approximate surface area is 346 Å². The molecule has 0 atom stereocenters. The third-order valence-electron chi connectivity index (χ3n) is 15.9. The summed E-state index contributed by atoms with van der Waals surface area (Å²) in [5.41, 5.74) is 8.34. The molecule has 306 valence electrons. The molecule has 6 aliphatic rings. The second-order valence-electron chi connectivity index (χ2n) is 19.0. The van der Waals surface area contributed by atoms with Crippen LogP contribution in [0, 0.1) is 10.8 Å². The molecule has 0 amide bonds. The first-order chi connectivity index (χ1) is 28.5. The molecule has 3 aliphatic heterocycles. The molecule has 58 heavy (non-hydrogen) atoms. The Hall–Kier alpha value is -4.07. The van der Waals surface area contributed by atoms with E-state index in [1.165, 1.54) is 156 Å². The molecule has 4 heterocycles. The zero-order valence-corrected chi connectivity index (χ0v) is 34.8. The monoisotopic (exact) mass is 780 g/mol. The summed E-state index contributed by atoms with van der Waals surface area (Å²) in [6.45, 7) is 7.64. The first-order valence-corrected chi connectivity index (χ1v) is 23.0. The van der Waals surface area contributed by atoms with E-state index in [0.717, 1.165) is 48.6 Å². The van der Waals surface area contributed by atoms with Gasteiger partial charge >= 0.3 is 0 Å². The van der Waals surface area contributed by atoms with Crippen molar-refractivity contribution in [3.05, 3.63) is 113 Å². The Kier molecular flexibility index (Phi) is 12.0. The highest BCUT2D eigenvalue weighted by molar-refractivity contribution is 5.65. The van der Waals surface area contributed by atoms with E-state index >= 15 is 0 Å². The summed E-state index contributed by atoms with van der Waals surface area (Å²) in [4.78, 5) is 30.7. The molecule has 3 saturated carbocycles. The topological polar surface area (TPSA) is 61.7 Å². The predicted molar refractivity (Wildman–Crippen MR) is 236 cm³/mol. The van der Waals surface area contributed by atoms with Gasteiger partial charge in [-0.15, -0.1) is 0 Å². The molecule has 7 nitrogen and oxygen atoms in total. The minimum atomic E-state index is -0.0941. The lowest BCUT2D eigenvalue weighted by molar-refractivity contribution is -0.107. The van der Waals surface area contributed by atoms with Gasteiger partial charge in [0.15, 0.2) is 0 Å². The number of aldehydes is 1. The van der Waals surface area contributed by atoms with Crippen LogP contribution in [-0.4, -0.2) is 77.2 Å². The van der Waals surface area contributed by atoms with Gasteiger partial charge in [0.05, 0.1) is 5.69 Å². The van der Waals surface area contributed by atoms with Crippen LogP contribution in [0.1, 0.15) is 120 Å². The van der Waals surface area contributed by atoms with Gasteiger partial charge < -0.3 is 19.5 Å². The Morgan fingerprint density at radius 3 is 1.57 bits per heavy atom. The maximum atomic E-state index is 12.0. The number of nitrogens with zero attached hydrogens (tertiary/aromatic N) is 5. The lowest BCUT2D eigenvalue weighted by atomic mass is 9.64. The Bertz CT molecular complexity index is 1980. The van der Waals surface area contributed by atoms with Gasteiger partial charge in [0.2, 0.25) is 0 Å². The molecule has 2 spiro atoms. The van der Waals surface area contributed by atoms with Crippen LogP contribution >= 0.6 is 0 Å². The van der Waals surface area contributed by atoms with E-state index in [4.69, 9.17) is 0 Å². The van der Waals surface area contributed by atoms with E-state index in [9.17, 15) is 9.59 Å². The molecule has 0 bridgehead atoms. The van der Waals surface area contributed by atoms with Gasteiger partial charge in [-0.2, -0.15) is 9.78 Å². The summed E-state index contributed by atoms with van der Waals surface area (Å²) in [6, 6.07) is 31.0. The van der Waals surface area contributed by atoms with Crippen molar-refractivity contribution in [2.75, 3.05) is 44.2 Å². The fourth-order valence-corrected chi connectivity index (χ4v) is 11.3. The molecule has 10 rings (SSSR count). The van der Waals surface area contributed by atoms with Crippen LogP contribution in [0.25, 0.3) is 16.8 Å². The van der Waals surface area contributed by atoms with Crippen molar-refractivity contribution in [1.82, 2.24) is 19.6 Å². The summed E-state index contributed by atoms with van der Waals surface area (Å²) < 4.78 is 1.45. The number of hydrogen-bond acceptors (Lipinski definition) is 6. The molecule has 0 unspecified atom stereocenters. The fourth-order valence-electron chi connectivity index (χ4n) is 11.3. The number of piperidine rings is 3. The molecular weight excluding hydrogens is 715 g/mol. The molecule has 3 saturated heterocycles. The molecule has 0 N–H and O–H groups in total. The maximum Gasteiger partial charge on any atom is 0.271 e. The zero-order valence-electron chi connectivity index (χ0n) is 34.8. The largest absolute Gasteiger partial charge is 0.371 e. The van der Waals surface area contributed by atoms with Gasteiger partial charge in [-0.25, -0.2) is 0 Å². The second-order valence-corrected chi connectivity index (χ2v) is 19.0. The maximum absolute atomic E-state index is 12.0. The smallest absolute Gasteiger partial charge is 0.271 e. The number of hydrogen-bond donors (Lipinski definition) is 0. The summed E-state index contributed by atoms with van der Waals surface area (Å²) >= 11 is 0. The molecule has 3 aromatic carbocycles. The summed E-state index contributed by atoms with van der Waals surface area (Å²) in [5.74, 6) is 0.740. The molecule has 7 heteroatoms. The number of carbonyl (C=O) groups excluding carboxylic acids is 1. The number of anilines is 1. The van der Waals surface area contributed by atoms with E-state index in [-0.39, 0.29) is 5.56 Å². The lowest BCUT2D eigenvalue weighted by Gasteiger charge is -2.50. The SMILES string of the molecule is O=CCc1ccc(-c2ccc(C3CCC4(CC3)CCN(C3CCC3)CC4)cc2)cc1.O=c1cccnn1-c1ccc(N2CCC3(CC2)CCN(C2CCC2)CC3)cc1. The van der Waals surface area contributed by atoms with Crippen LogP contribution < -0.4 is 10.5 Å². The van der Waals surface area contributed by atoms with Gasteiger partial charge in [-0.1, -0.05) is 61.4 Å². The van der Waals surface area contributed by atoms with Crippen molar-refractivity contribution < 1.29 is 4.79 Å². The van der Waals surface area contributed by atoms with E-state index in [0.29, 0.717) is 17.3 Å². The minimum Gasteiger partial charge on any atom is -0.371 e. The molecule has 6 fully saturated rings. The first kappa shape index (κ1) is 39.4. The Morgan fingerprint density at radius 2 is 1.07 bits per heavy atom. The molecule has 3 aliphatic carbocycles. The number of rotatable bonds is 8. The first-order valence-electron chi connectivity index (χ1n) is 23.0. The van der Waals surface area contributed by atoms with Gasteiger partial charge in [0.25, 0.3) is 5.56 Å². The van der Waals surface area contributed by atoms with E-state index < -0.39 is 0 Å². The van der Waals surface area contributed by atoms with E-state index in [1.54, 1.807) is 18.3 Å². The number of likely N-dealkylation sites (tertiary alicyclic amines) is 2. The highest BCUT2D eigenvalue weighted by Gasteiger charge is 2.41. The van der Waals surface area contributed by atoms with Crippen LogP contribution in [0.15, 0.2) is 95.9 Å². The van der Waals surface area contributed by atoms with E-state index in [1.807, 2.05) is 12.1 Å². The Balaban J connectivity index is 0.000000151. The van der Waals surface area contributed by atoms with Crippen LogP contribution in [-0.2, 0) is 11.2 Å². The van der Waals surface area contributed by atoms with Crippen molar-refractivity contribution >= 4 is 12.0 Å². The number of carbonyl (C=O) groups is 1. The van der Waals surface area contributed by atoms with Crippen LogP contribution in [0.4, 0.5) is 5.69 Å². The molecule has 4 aromatic rings. The van der Waals surface area contributed by atoms with Crippen LogP contribution in [0.2, 0.25) is 0 Å². The summed E-state index contributed by atoms with van der Waals surface area (Å²) in [5, 5.41) is 4.16. The van der Waals surface area contributed by atoms with E-state index in [2.05, 4.69) is 80.5 Å². The number of benzene rings is 3. The summed E-state index contributed by atoms with van der Waals surface area (Å²) in [7, 11) is 0. The minimum absolute atomic E-state index is 0.0941. The van der Waals surface area contributed by atoms with Gasteiger partial charge in [-0.05, 0) is 185 Å². The quantitative estimate of drug-likeness (QED) is 0.166. The predicted octanol–water partition coefficient (Wildman–Crippen LogP) is 9.85. The third kappa shape index (κ3) is 8.77. The fraction of sp³-hybridized carbons (Fsp3) is 0.549. The number of aromatic nitrogens is 2. The van der Waals surface area contributed by atoms with Gasteiger partial charge in [0, 0.05) is 49.5 Å². The van der Waals surface area contributed by atoms with Crippen molar-refractivity contribution in [3.63, 3.8) is 0 Å². The second kappa shape index (κ2) is 17.6. The van der Waals surface area contributed by atoms with Gasteiger partial charge in [0.1, 0.15) is 6.29 Å². The van der Waals surface area contributed by atoms with Gasteiger partial charge in [-0.3, -0.25) is 4.79 Å².